The molecule has 0 amide bonds. The number of unbranched alkanes of at least 4 members (excludes halogenated alkanes) is 2. The number of aliphatic hydroxyl groups is 1. The summed E-state index contributed by atoms with van der Waals surface area (Å²) in [6, 6.07) is 0.709. The van der Waals surface area contributed by atoms with Crippen LogP contribution in [0.3, 0.4) is 0 Å². The van der Waals surface area contributed by atoms with E-state index in [1.807, 2.05) is 0 Å². The van der Waals surface area contributed by atoms with Crippen molar-refractivity contribution in [2.24, 2.45) is 5.92 Å². The van der Waals surface area contributed by atoms with Crippen molar-refractivity contribution in [3.8, 4) is 0 Å². The van der Waals surface area contributed by atoms with Gasteiger partial charge < -0.3 is 9.59 Å². The lowest BCUT2D eigenvalue weighted by atomic mass is 9.78. The fourth-order valence-electron chi connectivity index (χ4n) is 3.97. The molecule has 1 rings (SSSR count). The second kappa shape index (κ2) is 6.58. The summed E-state index contributed by atoms with van der Waals surface area (Å²) < 4.78 is 1.12. The van der Waals surface area contributed by atoms with Gasteiger partial charge in [-0.25, -0.2) is 0 Å². The molecule has 2 nitrogen and oxygen atoms in total. The lowest BCUT2D eigenvalue weighted by molar-refractivity contribution is -0.949. The van der Waals surface area contributed by atoms with Crippen molar-refractivity contribution < 1.29 is 9.59 Å². The molecule has 1 aliphatic heterocycles. The minimum Gasteiger partial charge on any atom is -0.393 e. The smallest absolute Gasteiger partial charge is 0.0993 e. The molecule has 0 aromatic heterocycles. The van der Waals surface area contributed by atoms with Crippen LogP contribution in [0.5, 0.6) is 0 Å². The molecule has 1 fully saturated rings. The van der Waals surface area contributed by atoms with Crippen molar-refractivity contribution >= 4 is 0 Å². The number of nitrogens with zero attached hydrogens (tertiary/aromatic N) is 1. The number of quaternary nitrogens is 1. The maximum absolute atomic E-state index is 10.1. The molecule has 1 heterocycles. The van der Waals surface area contributed by atoms with Crippen LogP contribution in [0.25, 0.3) is 0 Å². The van der Waals surface area contributed by atoms with Gasteiger partial charge >= 0.3 is 0 Å². The molecule has 1 saturated heterocycles. The van der Waals surface area contributed by atoms with Crippen LogP contribution in [0.1, 0.15) is 72.6 Å². The molecule has 0 bridgehead atoms. The number of hydrogen-bond acceptors (Lipinski definition) is 1. The maximum atomic E-state index is 10.1. The van der Waals surface area contributed by atoms with Gasteiger partial charge in [-0.2, -0.15) is 0 Å². The third-order valence-corrected chi connectivity index (χ3v) is 6.24. The molecule has 0 radical (unpaired) electrons. The SMILES string of the molecule is CCCCCC1(C)C(CC(O)CC)CC(C)[N+]1(C)C. The molecule has 4 atom stereocenters. The minimum atomic E-state index is -0.110. The Morgan fingerprint density at radius 2 is 1.89 bits per heavy atom. The van der Waals surface area contributed by atoms with Gasteiger partial charge in [0.2, 0.25) is 0 Å². The average molecular weight is 270 g/mol. The van der Waals surface area contributed by atoms with E-state index in [0.717, 1.165) is 17.3 Å². The largest absolute Gasteiger partial charge is 0.393 e. The van der Waals surface area contributed by atoms with Crippen molar-refractivity contribution in [2.75, 3.05) is 14.1 Å². The highest BCUT2D eigenvalue weighted by atomic mass is 16.3. The summed E-state index contributed by atoms with van der Waals surface area (Å²) in [6.07, 6.45) is 8.32. The molecule has 0 spiro atoms. The summed E-state index contributed by atoms with van der Waals surface area (Å²) in [5.41, 5.74) is 0.338. The molecule has 0 aromatic rings. The first kappa shape index (κ1) is 17.0. The van der Waals surface area contributed by atoms with E-state index in [-0.39, 0.29) is 6.10 Å². The van der Waals surface area contributed by atoms with E-state index in [4.69, 9.17) is 0 Å². The van der Waals surface area contributed by atoms with Gasteiger partial charge in [-0.05, 0) is 33.1 Å². The van der Waals surface area contributed by atoms with Crippen molar-refractivity contribution in [2.45, 2.75) is 90.3 Å². The van der Waals surface area contributed by atoms with Crippen molar-refractivity contribution in [3.05, 3.63) is 0 Å². The highest BCUT2D eigenvalue weighted by Gasteiger charge is 2.56. The van der Waals surface area contributed by atoms with Crippen molar-refractivity contribution in [1.29, 1.82) is 0 Å². The Hall–Kier alpha value is -0.0800. The Labute approximate surface area is 120 Å². The molecule has 2 heteroatoms. The van der Waals surface area contributed by atoms with Crippen LogP contribution in [0.4, 0.5) is 0 Å². The predicted molar refractivity (Wildman–Crippen MR) is 83.1 cm³/mol. The zero-order valence-corrected chi connectivity index (χ0v) is 14.1. The van der Waals surface area contributed by atoms with Crippen LogP contribution in [0.15, 0.2) is 0 Å². The van der Waals surface area contributed by atoms with Gasteiger partial charge in [0.25, 0.3) is 0 Å². The Morgan fingerprint density at radius 3 is 2.42 bits per heavy atom. The van der Waals surface area contributed by atoms with Crippen LogP contribution < -0.4 is 0 Å². The summed E-state index contributed by atoms with van der Waals surface area (Å²) in [5.74, 6) is 0.671. The molecule has 0 saturated carbocycles. The van der Waals surface area contributed by atoms with Crippen LogP contribution in [0, 0.1) is 5.92 Å². The molecule has 1 N–H and O–H groups in total. The number of rotatable bonds is 7. The van der Waals surface area contributed by atoms with Gasteiger partial charge in [0.1, 0.15) is 0 Å². The fourth-order valence-corrected chi connectivity index (χ4v) is 3.97. The first-order valence-electron chi connectivity index (χ1n) is 8.31. The van der Waals surface area contributed by atoms with Gasteiger partial charge in [0.15, 0.2) is 0 Å². The standard InChI is InChI=1S/C17H36NO/c1-7-9-10-11-17(4)15(13-16(19)8-2)12-14(3)18(17,5)6/h14-16,19H,7-13H2,1-6H3/q+1. The van der Waals surface area contributed by atoms with Crippen LogP contribution in [-0.2, 0) is 0 Å². The maximum Gasteiger partial charge on any atom is 0.0993 e. The molecule has 19 heavy (non-hydrogen) atoms. The Morgan fingerprint density at radius 1 is 1.26 bits per heavy atom. The molecule has 4 unspecified atom stereocenters. The van der Waals surface area contributed by atoms with Gasteiger partial charge in [-0.15, -0.1) is 0 Å². The number of likely N-dealkylation sites (tertiary alicyclic amines) is 1. The van der Waals surface area contributed by atoms with Crippen molar-refractivity contribution in [1.82, 2.24) is 0 Å². The summed E-state index contributed by atoms with van der Waals surface area (Å²) in [6.45, 7) is 9.23. The number of hydrogen-bond donors (Lipinski definition) is 1. The quantitative estimate of drug-likeness (QED) is 0.548. The zero-order valence-electron chi connectivity index (χ0n) is 14.1. The van der Waals surface area contributed by atoms with Gasteiger partial charge in [-0.1, -0.05) is 26.7 Å². The predicted octanol–water partition coefficient (Wildman–Crippen LogP) is 3.97. The molecular formula is C17H36NO+. The van der Waals surface area contributed by atoms with E-state index < -0.39 is 0 Å². The first-order valence-corrected chi connectivity index (χ1v) is 8.31. The Bertz CT molecular complexity index is 276. The fraction of sp³-hybridized carbons (Fsp3) is 1.00. The van der Waals surface area contributed by atoms with Gasteiger partial charge in [0.05, 0.1) is 31.8 Å². The van der Waals surface area contributed by atoms with E-state index in [1.54, 1.807) is 0 Å². The second-order valence-corrected chi connectivity index (χ2v) is 7.43. The monoisotopic (exact) mass is 270 g/mol. The summed E-state index contributed by atoms with van der Waals surface area (Å²) in [7, 11) is 4.80. The van der Waals surface area contributed by atoms with Crippen molar-refractivity contribution in [3.63, 3.8) is 0 Å². The Balaban J connectivity index is 2.83. The Kier molecular flexibility index (Phi) is 5.88. The van der Waals surface area contributed by atoms with Crippen LogP contribution in [-0.4, -0.2) is 41.4 Å². The van der Waals surface area contributed by atoms with Gasteiger partial charge in [-0.3, -0.25) is 0 Å². The topological polar surface area (TPSA) is 20.2 Å². The summed E-state index contributed by atoms with van der Waals surface area (Å²) >= 11 is 0. The lowest BCUT2D eigenvalue weighted by Crippen LogP contribution is -2.58. The van der Waals surface area contributed by atoms with E-state index >= 15 is 0 Å². The van der Waals surface area contributed by atoms with Crippen LogP contribution in [0.2, 0.25) is 0 Å². The highest BCUT2D eigenvalue weighted by Crippen LogP contribution is 2.48. The van der Waals surface area contributed by atoms with Gasteiger partial charge in [0, 0.05) is 18.8 Å². The third kappa shape index (κ3) is 3.33. The second-order valence-electron chi connectivity index (χ2n) is 7.43. The van der Waals surface area contributed by atoms with Crippen LogP contribution >= 0.6 is 0 Å². The van der Waals surface area contributed by atoms with E-state index in [9.17, 15) is 5.11 Å². The highest BCUT2D eigenvalue weighted by molar-refractivity contribution is 4.93. The minimum absolute atomic E-state index is 0.110. The summed E-state index contributed by atoms with van der Waals surface area (Å²) in [4.78, 5) is 0. The van der Waals surface area contributed by atoms with E-state index in [2.05, 4.69) is 41.8 Å². The average Bonchev–Trinajstić information content (AvgIpc) is 2.51. The molecule has 1 aliphatic rings. The summed E-state index contributed by atoms with van der Waals surface area (Å²) in [5, 5.41) is 10.1. The normalized spacial score (nSPS) is 35.5. The number of aliphatic hydroxyl groups excluding tert-OH is 1. The zero-order chi connectivity index (χ0) is 14.7. The molecule has 114 valence electrons. The van der Waals surface area contributed by atoms with E-state index in [0.29, 0.717) is 17.5 Å². The molecule has 0 aromatic carbocycles. The van der Waals surface area contributed by atoms with E-state index in [1.165, 1.54) is 32.1 Å². The molecular weight excluding hydrogens is 234 g/mol. The molecule has 0 aliphatic carbocycles. The lowest BCUT2D eigenvalue weighted by Gasteiger charge is -2.46. The third-order valence-electron chi connectivity index (χ3n) is 6.24. The first-order chi connectivity index (χ1) is 8.79.